The van der Waals surface area contributed by atoms with Gasteiger partial charge in [-0.25, -0.2) is 0 Å². The highest BCUT2D eigenvalue weighted by Crippen LogP contribution is 2.08. The van der Waals surface area contributed by atoms with Crippen molar-refractivity contribution in [3.8, 4) is 0 Å². The van der Waals surface area contributed by atoms with E-state index < -0.39 is 0 Å². The number of pyridine rings is 1. The second-order valence-electron chi connectivity index (χ2n) is 4.18. The second-order valence-corrected chi connectivity index (χ2v) is 4.18. The maximum absolute atomic E-state index is 11.7. The smallest absolute Gasteiger partial charge is 0.287 e. The molecule has 6 nitrogen and oxygen atoms in total. The van der Waals surface area contributed by atoms with Crippen molar-refractivity contribution < 1.29 is 13.9 Å². The first-order valence-corrected chi connectivity index (χ1v) is 6.22. The summed E-state index contributed by atoms with van der Waals surface area (Å²) in [7, 11) is 1.56. The number of carbonyl (C=O) groups excluding carboxylic acids is 1. The topological polar surface area (TPSA) is 73.5 Å². The fraction of sp³-hybridized carbons (Fsp3) is 0.286. The molecule has 0 bridgehead atoms. The zero-order chi connectivity index (χ0) is 14.4. The highest BCUT2D eigenvalue weighted by Gasteiger charge is 2.10. The first-order valence-electron chi connectivity index (χ1n) is 6.22. The molecule has 2 aromatic heterocycles. The molecule has 0 unspecified atom stereocenters. The van der Waals surface area contributed by atoms with Crippen molar-refractivity contribution in [3.63, 3.8) is 0 Å². The van der Waals surface area contributed by atoms with Gasteiger partial charge in [-0.05, 0) is 18.2 Å². The number of methoxy groups -OCH3 is 1. The van der Waals surface area contributed by atoms with Crippen LogP contribution in [0.3, 0.4) is 0 Å². The summed E-state index contributed by atoms with van der Waals surface area (Å²) in [6.07, 6.45) is 1.67. The van der Waals surface area contributed by atoms with Crippen LogP contribution in [0.5, 0.6) is 0 Å². The molecule has 20 heavy (non-hydrogen) atoms. The van der Waals surface area contributed by atoms with Gasteiger partial charge in [0.15, 0.2) is 5.76 Å². The summed E-state index contributed by atoms with van der Waals surface area (Å²) in [5.41, 5.74) is -0.116. The second kappa shape index (κ2) is 6.72. The molecule has 2 aromatic rings. The number of nitrogens with zero attached hydrogens (tertiary/aromatic N) is 1. The van der Waals surface area contributed by atoms with E-state index in [1.54, 1.807) is 37.6 Å². The van der Waals surface area contributed by atoms with Crippen LogP contribution in [0.4, 0.5) is 0 Å². The normalized spacial score (nSPS) is 10.4. The SMILES string of the molecule is COCCNC(=O)c1ccc(Cn2ccccc2=O)o1. The number of rotatable bonds is 6. The predicted molar refractivity (Wildman–Crippen MR) is 72.7 cm³/mol. The van der Waals surface area contributed by atoms with Crippen LogP contribution >= 0.6 is 0 Å². The number of ether oxygens (including phenoxy) is 1. The largest absolute Gasteiger partial charge is 0.454 e. The lowest BCUT2D eigenvalue weighted by atomic mass is 10.4. The summed E-state index contributed by atoms with van der Waals surface area (Å²) >= 11 is 0. The molecule has 1 N–H and O–H groups in total. The average molecular weight is 276 g/mol. The van der Waals surface area contributed by atoms with E-state index in [4.69, 9.17) is 9.15 Å². The van der Waals surface area contributed by atoms with Crippen LogP contribution in [0.25, 0.3) is 0 Å². The highest BCUT2D eigenvalue weighted by molar-refractivity contribution is 5.91. The first kappa shape index (κ1) is 14.1. The van der Waals surface area contributed by atoms with Crippen LogP contribution in [0.2, 0.25) is 0 Å². The summed E-state index contributed by atoms with van der Waals surface area (Å²) in [4.78, 5) is 23.3. The van der Waals surface area contributed by atoms with Gasteiger partial charge in [0.1, 0.15) is 5.76 Å². The van der Waals surface area contributed by atoms with Crippen molar-refractivity contribution in [1.82, 2.24) is 9.88 Å². The molecule has 0 aliphatic heterocycles. The van der Waals surface area contributed by atoms with Crippen LogP contribution in [0, 0.1) is 0 Å². The zero-order valence-corrected chi connectivity index (χ0v) is 11.2. The third-order valence-corrected chi connectivity index (χ3v) is 2.70. The third-order valence-electron chi connectivity index (χ3n) is 2.70. The molecular formula is C14H16N2O4. The molecule has 6 heteroatoms. The lowest BCUT2D eigenvalue weighted by Crippen LogP contribution is -2.26. The van der Waals surface area contributed by atoms with Crippen LogP contribution in [-0.4, -0.2) is 30.7 Å². The summed E-state index contributed by atoms with van der Waals surface area (Å²) in [5.74, 6) is 0.476. The molecular weight excluding hydrogens is 260 g/mol. The number of furan rings is 1. The summed E-state index contributed by atoms with van der Waals surface area (Å²) < 4.78 is 11.8. The Bertz CT molecular complexity index is 630. The van der Waals surface area contributed by atoms with Crippen LogP contribution in [0.15, 0.2) is 45.7 Å². The van der Waals surface area contributed by atoms with Crippen molar-refractivity contribution in [1.29, 1.82) is 0 Å². The summed E-state index contributed by atoms with van der Waals surface area (Å²) in [6.45, 7) is 1.16. The van der Waals surface area contributed by atoms with Crippen LogP contribution < -0.4 is 10.9 Å². The Hall–Kier alpha value is -2.34. The van der Waals surface area contributed by atoms with E-state index in [0.29, 0.717) is 25.5 Å². The van der Waals surface area contributed by atoms with Gasteiger partial charge in [-0.15, -0.1) is 0 Å². The van der Waals surface area contributed by atoms with Crippen molar-refractivity contribution >= 4 is 5.91 Å². The van der Waals surface area contributed by atoms with Gasteiger partial charge in [0.05, 0.1) is 13.2 Å². The van der Waals surface area contributed by atoms with Crippen LogP contribution in [-0.2, 0) is 11.3 Å². The average Bonchev–Trinajstić information content (AvgIpc) is 2.90. The Labute approximate surface area is 116 Å². The van der Waals surface area contributed by atoms with E-state index in [2.05, 4.69) is 5.32 Å². The molecule has 0 spiro atoms. The molecule has 0 aliphatic rings. The zero-order valence-electron chi connectivity index (χ0n) is 11.2. The minimum absolute atomic E-state index is 0.116. The number of nitrogens with one attached hydrogen (secondary N) is 1. The van der Waals surface area contributed by atoms with E-state index in [1.165, 1.54) is 10.6 Å². The third kappa shape index (κ3) is 3.58. The fourth-order valence-electron chi connectivity index (χ4n) is 1.70. The van der Waals surface area contributed by atoms with E-state index >= 15 is 0 Å². The Morgan fingerprint density at radius 1 is 1.35 bits per heavy atom. The summed E-state index contributed by atoms with van der Waals surface area (Å²) in [5, 5.41) is 2.66. The van der Waals surface area contributed by atoms with Crippen molar-refractivity contribution in [3.05, 3.63) is 58.4 Å². The van der Waals surface area contributed by atoms with E-state index in [-0.39, 0.29) is 17.2 Å². The molecule has 106 valence electrons. The Morgan fingerprint density at radius 2 is 2.20 bits per heavy atom. The molecule has 0 fully saturated rings. The summed E-state index contributed by atoms with van der Waals surface area (Å²) in [6, 6.07) is 8.19. The van der Waals surface area contributed by atoms with E-state index in [0.717, 1.165) is 0 Å². The molecule has 0 atom stereocenters. The molecule has 0 saturated carbocycles. The maximum Gasteiger partial charge on any atom is 0.287 e. The van der Waals surface area contributed by atoms with Gasteiger partial charge in [0.2, 0.25) is 0 Å². The molecule has 1 amide bonds. The van der Waals surface area contributed by atoms with Gasteiger partial charge in [-0.3, -0.25) is 9.59 Å². The van der Waals surface area contributed by atoms with Crippen molar-refractivity contribution in [2.45, 2.75) is 6.54 Å². The van der Waals surface area contributed by atoms with Gasteiger partial charge in [-0.1, -0.05) is 6.07 Å². The number of aromatic nitrogens is 1. The van der Waals surface area contributed by atoms with E-state index in [1.807, 2.05) is 0 Å². The van der Waals surface area contributed by atoms with Crippen molar-refractivity contribution in [2.75, 3.05) is 20.3 Å². The Kier molecular flexibility index (Phi) is 4.73. The molecule has 0 aliphatic carbocycles. The lowest BCUT2D eigenvalue weighted by Gasteiger charge is -2.03. The predicted octanol–water partition coefficient (Wildman–Crippen LogP) is 0.866. The van der Waals surface area contributed by atoms with Gasteiger partial charge in [-0.2, -0.15) is 0 Å². The van der Waals surface area contributed by atoms with Gasteiger partial charge in [0, 0.05) is 25.9 Å². The molecule has 0 aromatic carbocycles. The van der Waals surface area contributed by atoms with Gasteiger partial charge >= 0.3 is 0 Å². The first-order chi connectivity index (χ1) is 9.70. The number of carbonyl (C=O) groups is 1. The Balaban J connectivity index is 2.00. The van der Waals surface area contributed by atoms with Gasteiger partial charge < -0.3 is 19.0 Å². The lowest BCUT2D eigenvalue weighted by molar-refractivity contribution is 0.0907. The highest BCUT2D eigenvalue weighted by atomic mass is 16.5. The van der Waals surface area contributed by atoms with Crippen molar-refractivity contribution in [2.24, 2.45) is 0 Å². The quantitative estimate of drug-likeness (QED) is 0.794. The minimum atomic E-state index is -0.297. The number of amides is 1. The Morgan fingerprint density at radius 3 is 2.95 bits per heavy atom. The molecule has 2 rings (SSSR count). The molecule has 2 heterocycles. The van der Waals surface area contributed by atoms with E-state index in [9.17, 15) is 9.59 Å². The standard InChI is InChI=1S/C14H16N2O4/c1-19-9-7-15-14(18)12-6-5-11(20-12)10-16-8-3-2-4-13(16)17/h2-6,8H,7,9-10H2,1H3,(H,15,18). The van der Waals surface area contributed by atoms with Gasteiger partial charge in [0.25, 0.3) is 11.5 Å². The molecule has 0 radical (unpaired) electrons. The fourth-order valence-corrected chi connectivity index (χ4v) is 1.70. The number of hydrogen-bond acceptors (Lipinski definition) is 4. The number of hydrogen-bond donors (Lipinski definition) is 1. The maximum atomic E-state index is 11.7. The monoisotopic (exact) mass is 276 g/mol. The minimum Gasteiger partial charge on any atom is -0.454 e. The van der Waals surface area contributed by atoms with Crippen LogP contribution in [0.1, 0.15) is 16.3 Å². The molecule has 0 saturated heterocycles.